The largest absolute Gasteiger partial charge is 0.481 e. The molecule has 0 amide bonds. The third kappa shape index (κ3) is 3.09. The van der Waals surface area contributed by atoms with E-state index in [9.17, 15) is 18.0 Å². The van der Waals surface area contributed by atoms with Crippen molar-refractivity contribution in [3.05, 3.63) is 0 Å². The third-order valence-corrected chi connectivity index (χ3v) is 2.75. The summed E-state index contributed by atoms with van der Waals surface area (Å²) in [4.78, 5) is 11.6. The van der Waals surface area contributed by atoms with Crippen LogP contribution in [0.5, 0.6) is 0 Å². The van der Waals surface area contributed by atoms with Gasteiger partial charge in [-0.15, -0.1) is 0 Å². The Bertz CT molecular complexity index is 242. The first kappa shape index (κ1) is 12.3. The van der Waals surface area contributed by atoms with Crippen LogP contribution in [0.3, 0.4) is 0 Å². The van der Waals surface area contributed by atoms with Crippen molar-refractivity contribution >= 4 is 5.97 Å². The second-order valence-corrected chi connectivity index (χ2v) is 3.88. The monoisotopic (exact) mass is 225 g/mol. The van der Waals surface area contributed by atoms with Crippen LogP contribution in [0.4, 0.5) is 13.2 Å². The van der Waals surface area contributed by atoms with E-state index in [2.05, 4.69) is 0 Å². The van der Waals surface area contributed by atoms with Gasteiger partial charge in [-0.05, 0) is 26.3 Å². The number of carbonyl (C=O) groups is 1. The average Bonchev–Trinajstić information content (AvgIpc) is 2.45. The van der Waals surface area contributed by atoms with E-state index in [-0.39, 0.29) is 6.04 Å². The highest BCUT2D eigenvalue weighted by atomic mass is 19.4. The van der Waals surface area contributed by atoms with Gasteiger partial charge in [-0.2, -0.15) is 13.2 Å². The van der Waals surface area contributed by atoms with Gasteiger partial charge in [0.25, 0.3) is 0 Å². The van der Waals surface area contributed by atoms with Gasteiger partial charge in [-0.25, -0.2) is 0 Å². The molecular formula is C9H14F3NO2. The minimum atomic E-state index is -4.46. The zero-order valence-corrected chi connectivity index (χ0v) is 8.42. The highest BCUT2D eigenvalue weighted by Crippen LogP contribution is 2.32. The molecule has 0 saturated carbocycles. The summed E-state index contributed by atoms with van der Waals surface area (Å²) in [7, 11) is 0. The lowest BCUT2D eigenvalue weighted by Crippen LogP contribution is -2.48. The summed E-state index contributed by atoms with van der Waals surface area (Å²) in [5, 5.41) is 8.47. The maximum atomic E-state index is 12.6. The molecule has 1 N–H and O–H groups in total. The molecule has 2 unspecified atom stereocenters. The molecule has 6 heteroatoms. The lowest BCUT2D eigenvalue weighted by Gasteiger charge is -2.31. The summed E-state index contributed by atoms with van der Waals surface area (Å²) < 4.78 is 37.8. The predicted molar refractivity (Wildman–Crippen MR) is 47.5 cm³/mol. The van der Waals surface area contributed by atoms with Gasteiger partial charge in [0.05, 0.1) is 6.42 Å². The van der Waals surface area contributed by atoms with Gasteiger partial charge in [-0.1, -0.05) is 0 Å². The van der Waals surface area contributed by atoms with Crippen molar-refractivity contribution in [2.75, 3.05) is 6.54 Å². The van der Waals surface area contributed by atoms with Crippen LogP contribution in [0.25, 0.3) is 0 Å². The minimum absolute atomic E-state index is 0.184. The zero-order valence-electron chi connectivity index (χ0n) is 8.42. The standard InChI is InChI=1S/C9H14F3NO2/c1-6-3-2-4-13(6)7(5-8(14)15)9(10,11)12/h6-7H,2-5H2,1H3,(H,14,15). The summed E-state index contributed by atoms with van der Waals surface area (Å²) >= 11 is 0. The molecule has 1 rings (SSSR count). The van der Waals surface area contributed by atoms with Crippen molar-refractivity contribution < 1.29 is 23.1 Å². The molecule has 88 valence electrons. The molecule has 0 aliphatic carbocycles. The summed E-state index contributed by atoms with van der Waals surface area (Å²) in [6, 6.07) is -2.02. The molecule has 0 radical (unpaired) electrons. The Balaban J connectivity index is 2.76. The van der Waals surface area contributed by atoms with Gasteiger partial charge in [0.15, 0.2) is 0 Å². The molecule has 1 aliphatic heterocycles. The van der Waals surface area contributed by atoms with Crippen LogP contribution >= 0.6 is 0 Å². The molecule has 2 atom stereocenters. The number of nitrogens with zero attached hydrogens (tertiary/aromatic N) is 1. The topological polar surface area (TPSA) is 40.5 Å². The maximum absolute atomic E-state index is 12.6. The Labute approximate surface area is 85.9 Å². The van der Waals surface area contributed by atoms with Crippen LogP contribution in [-0.2, 0) is 4.79 Å². The second kappa shape index (κ2) is 4.38. The Hall–Kier alpha value is -0.780. The number of alkyl halides is 3. The molecule has 0 spiro atoms. The van der Waals surface area contributed by atoms with Crippen LogP contribution in [0.1, 0.15) is 26.2 Å². The molecule has 0 aromatic carbocycles. The van der Waals surface area contributed by atoms with Crippen molar-refractivity contribution in [2.24, 2.45) is 0 Å². The van der Waals surface area contributed by atoms with Gasteiger partial charge in [0.2, 0.25) is 0 Å². The summed E-state index contributed by atoms with van der Waals surface area (Å²) in [6.45, 7) is 2.03. The highest BCUT2D eigenvalue weighted by Gasteiger charge is 2.47. The lowest BCUT2D eigenvalue weighted by molar-refractivity contribution is -0.192. The summed E-state index contributed by atoms with van der Waals surface area (Å²) in [6.07, 6.45) is -3.93. The smallest absolute Gasteiger partial charge is 0.404 e. The van der Waals surface area contributed by atoms with Crippen molar-refractivity contribution in [2.45, 2.75) is 44.4 Å². The van der Waals surface area contributed by atoms with Crippen molar-refractivity contribution in [1.29, 1.82) is 0 Å². The van der Waals surface area contributed by atoms with Crippen molar-refractivity contribution in [3.63, 3.8) is 0 Å². The van der Waals surface area contributed by atoms with Crippen LogP contribution < -0.4 is 0 Å². The number of halogens is 3. The Kier molecular flexibility index (Phi) is 3.59. The third-order valence-electron chi connectivity index (χ3n) is 2.75. The molecule has 3 nitrogen and oxygen atoms in total. The molecule has 0 aromatic rings. The van der Waals surface area contributed by atoms with Crippen LogP contribution in [0.15, 0.2) is 0 Å². The number of aliphatic carboxylic acids is 1. The van der Waals surface area contributed by atoms with E-state index in [1.54, 1.807) is 6.92 Å². The fraction of sp³-hybridized carbons (Fsp3) is 0.889. The first-order chi connectivity index (χ1) is 6.82. The Morgan fingerprint density at radius 3 is 2.53 bits per heavy atom. The molecule has 1 saturated heterocycles. The van der Waals surface area contributed by atoms with E-state index < -0.39 is 24.6 Å². The number of carboxylic acids is 1. The molecule has 1 heterocycles. The first-order valence-corrected chi connectivity index (χ1v) is 4.86. The van der Waals surface area contributed by atoms with E-state index >= 15 is 0 Å². The van der Waals surface area contributed by atoms with E-state index in [4.69, 9.17) is 5.11 Å². The molecular weight excluding hydrogens is 211 g/mol. The lowest BCUT2D eigenvalue weighted by atomic mass is 10.1. The van der Waals surface area contributed by atoms with E-state index in [1.807, 2.05) is 0 Å². The van der Waals surface area contributed by atoms with Gasteiger partial charge < -0.3 is 5.11 Å². The van der Waals surface area contributed by atoms with Gasteiger partial charge >= 0.3 is 12.1 Å². The zero-order chi connectivity index (χ0) is 11.6. The number of carboxylic acid groups (broad SMARTS) is 1. The number of hydrogen-bond acceptors (Lipinski definition) is 2. The van der Waals surface area contributed by atoms with Gasteiger partial charge in [0.1, 0.15) is 6.04 Å². The van der Waals surface area contributed by atoms with E-state index in [1.165, 1.54) is 4.90 Å². The molecule has 0 aromatic heterocycles. The van der Waals surface area contributed by atoms with Crippen molar-refractivity contribution in [1.82, 2.24) is 4.90 Å². The molecule has 0 bridgehead atoms. The fourth-order valence-electron chi connectivity index (χ4n) is 2.00. The van der Waals surface area contributed by atoms with Gasteiger partial charge in [0, 0.05) is 6.04 Å². The SMILES string of the molecule is CC1CCCN1C(CC(=O)O)C(F)(F)F. The van der Waals surface area contributed by atoms with Crippen molar-refractivity contribution in [3.8, 4) is 0 Å². The van der Waals surface area contributed by atoms with Gasteiger partial charge in [-0.3, -0.25) is 9.69 Å². The average molecular weight is 225 g/mol. The Morgan fingerprint density at radius 2 is 2.20 bits per heavy atom. The molecule has 1 aliphatic rings. The van der Waals surface area contributed by atoms with Crippen LogP contribution in [-0.4, -0.2) is 40.8 Å². The minimum Gasteiger partial charge on any atom is -0.481 e. The Morgan fingerprint density at radius 1 is 1.60 bits per heavy atom. The first-order valence-electron chi connectivity index (χ1n) is 4.86. The predicted octanol–water partition coefficient (Wildman–Crippen LogP) is 1.88. The highest BCUT2D eigenvalue weighted by molar-refractivity contribution is 5.67. The van der Waals surface area contributed by atoms with E-state index in [0.29, 0.717) is 19.4 Å². The van der Waals surface area contributed by atoms with E-state index in [0.717, 1.165) is 0 Å². The maximum Gasteiger partial charge on any atom is 0.404 e. The normalized spacial score (nSPS) is 25.5. The number of rotatable bonds is 3. The quantitative estimate of drug-likeness (QED) is 0.797. The summed E-state index contributed by atoms with van der Waals surface area (Å²) in [5.41, 5.74) is 0. The fourth-order valence-corrected chi connectivity index (χ4v) is 2.00. The van der Waals surface area contributed by atoms with Crippen LogP contribution in [0.2, 0.25) is 0 Å². The van der Waals surface area contributed by atoms with Crippen LogP contribution in [0, 0.1) is 0 Å². The summed E-state index contributed by atoms with van der Waals surface area (Å²) in [5.74, 6) is -1.41. The number of likely N-dealkylation sites (tertiary alicyclic amines) is 1. The molecule has 1 fully saturated rings. The molecule has 15 heavy (non-hydrogen) atoms. The number of hydrogen-bond donors (Lipinski definition) is 1. The second-order valence-electron chi connectivity index (χ2n) is 3.88.